The van der Waals surface area contributed by atoms with Gasteiger partial charge in [-0.2, -0.15) is 0 Å². The van der Waals surface area contributed by atoms with Crippen LogP contribution < -0.4 is 29.4 Å². The molecule has 2 heterocycles. The molecule has 3 aromatic carbocycles. The average molecular weight is 472 g/mol. The molecule has 1 N–H and O–H groups in total. The van der Waals surface area contributed by atoms with E-state index in [-0.39, 0.29) is 23.7 Å². The average Bonchev–Trinajstić information content (AvgIpc) is 3.45. The first-order valence-electron chi connectivity index (χ1n) is 10.8. The number of anilines is 1. The highest BCUT2D eigenvalue weighted by Crippen LogP contribution is 2.34. The van der Waals surface area contributed by atoms with Crippen LogP contribution in [0.3, 0.4) is 0 Å². The molecule has 0 radical (unpaired) electrons. The standard InChI is InChI=1S/C26H20N2O7/c1-2-32-22-13-16(12-19-24(29)27-28(25(19)30)18-6-4-3-5-7-18)8-10-21(22)35-26(31)17-9-11-20-23(14-17)34-15-33-20/h3-14H,2,15H2,1H3,(H,27,29). The molecule has 0 atom stereocenters. The van der Waals surface area contributed by atoms with Crippen molar-refractivity contribution in [1.82, 2.24) is 5.43 Å². The van der Waals surface area contributed by atoms with Crippen LogP contribution in [0.25, 0.3) is 6.08 Å². The monoisotopic (exact) mass is 472 g/mol. The maximum atomic E-state index is 12.8. The summed E-state index contributed by atoms with van der Waals surface area (Å²) in [6.45, 7) is 2.21. The van der Waals surface area contributed by atoms with E-state index in [0.29, 0.717) is 35.1 Å². The number of rotatable bonds is 6. The number of hydrogen-bond acceptors (Lipinski definition) is 7. The fraction of sp³-hybridized carbons (Fsp3) is 0.115. The third-order valence-corrected chi connectivity index (χ3v) is 5.30. The van der Waals surface area contributed by atoms with Crippen molar-refractivity contribution >= 4 is 29.5 Å². The summed E-state index contributed by atoms with van der Waals surface area (Å²) >= 11 is 0. The fourth-order valence-electron chi connectivity index (χ4n) is 3.63. The number of amides is 2. The van der Waals surface area contributed by atoms with E-state index in [0.717, 1.165) is 0 Å². The fourth-order valence-corrected chi connectivity index (χ4v) is 3.63. The Bertz CT molecular complexity index is 1350. The largest absolute Gasteiger partial charge is 0.490 e. The van der Waals surface area contributed by atoms with Gasteiger partial charge in [-0.05, 0) is 61.0 Å². The van der Waals surface area contributed by atoms with E-state index in [9.17, 15) is 14.4 Å². The van der Waals surface area contributed by atoms with E-state index in [1.165, 1.54) is 11.1 Å². The molecule has 9 nitrogen and oxygen atoms in total. The molecular formula is C26H20N2O7. The summed E-state index contributed by atoms with van der Waals surface area (Å²) in [5.74, 6) is -0.0703. The first-order chi connectivity index (χ1) is 17.0. The number of nitrogens with zero attached hydrogens (tertiary/aromatic N) is 1. The predicted molar refractivity (Wildman–Crippen MR) is 125 cm³/mol. The molecule has 0 aromatic heterocycles. The second-order valence-corrected chi connectivity index (χ2v) is 7.57. The number of carbonyl (C=O) groups is 3. The van der Waals surface area contributed by atoms with Gasteiger partial charge in [0.15, 0.2) is 23.0 Å². The number of esters is 1. The van der Waals surface area contributed by atoms with Gasteiger partial charge in [0.2, 0.25) is 6.79 Å². The Hall–Kier alpha value is -4.79. The lowest BCUT2D eigenvalue weighted by Crippen LogP contribution is -2.35. The Morgan fingerprint density at radius 2 is 1.80 bits per heavy atom. The van der Waals surface area contributed by atoms with E-state index >= 15 is 0 Å². The van der Waals surface area contributed by atoms with Crippen LogP contribution in [-0.4, -0.2) is 31.2 Å². The summed E-state index contributed by atoms with van der Waals surface area (Å²) < 4.78 is 21.8. The van der Waals surface area contributed by atoms with Crippen LogP contribution in [0.2, 0.25) is 0 Å². The van der Waals surface area contributed by atoms with Crippen molar-refractivity contribution < 1.29 is 33.3 Å². The summed E-state index contributed by atoms with van der Waals surface area (Å²) in [6, 6.07) is 18.4. The van der Waals surface area contributed by atoms with Gasteiger partial charge in [0.25, 0.3) is 11.8 Å². The van der Waals surface area contributed by atoms with Gasteiger partial charge in [0, 0.05) is 0 Å². The van der Waals surface area contributed by atoms with Crippen LogP contribution in [0.1, 0.15) is 22.8 Å². The first-order valence-corrected chi connectivity index (χ1v) is 10.8. The molecule has 35 heavy (non-hydrogen) atoms. The number of benzene rings is 3. The molecule has 0 saturated carbocycles. The van der Waals surface area contributed by atoms with Crippen LogP contribution in [0.4, 0.5) is 5.69 Å². The van der Waals surface area contributed by atoms with Crippen molar-refractivity contribution in [2.75, 3.05) is 18.4 Å². The van der Waals surface area contributed by atoms with Crippen molar-refractivity contribution in [3.8, 4) is 23.0 Å². The minimum atomic E-state index is -0.598. The first kappa shape index (κ1) is 22.0. The van der Waals surface area contributed by atoms with Crippen molar-refractivity contribution in [2.24, 2.45) is 0 Å². The van der Waals surface area contributed by atoms with Crippen molar-refractivity contribution in [3.05, 3.63) is 83.4 Å². The number of hydrogen-bond donors (Lipinski definition) is 1. The van der Waals surface area contributed by atoms with E-state index in [1.807, 2.05) is 6.07 Å². The molecule has 2 aliphatic rings. The SMILES string of the molecule is CCOc1cc(C=C2C(=O)NN(c3ccccc3)C2=O)ccc1OC(=O)c1ccc2c(c1)OCO2. The minimum Gasteiger partial charge on any atom is -0.490 e. The molecule has 0 unspecified atom stereocenters. The molecule has 0 spiro atoms. The normalized spacial score (nSPS) is 15.3. The van der Waals surface area contributed by atoms with Crippen molar-refractivity contribution in [3.63, 3.8) is 0 Å². The molecule has 1 fully saturated rings. The highest BCUT2D eigenvalue weighted by atomic mass is 16.7. The van der Waals surface area contributed by atoms with E-state index in [4.69, 9.17) is 18.9 Å². The van der Waals surface area contributed by atoms with Gasteiger partial charge in [0.1, 0.15) is 5.57 Å². The minimum absolute atomic E-state index is 0.0265. The van der Waals surface area contributed by atoms with Crippen LogP contribution in [0.15, 0.2) is 72.3 Å². The van der Waals surface area contributed by atoms with Gasteiger partial charge in [-0.1, -0.05) is 24.3 Å². The number of para-hydroxylation sites is 1. The van der Waals surface area contributed by atoms with E-state index in [1.54, 1.807) is 67.6 Å². The Kier molecular flexibility index (Phi) is 5.80. The zero-order valence-electron chi connectivity index (χ0n) is 18.6. The summed E-state index contributed by atoms with van der Waals surface area (Å²) in [4.78, 5) is 38.0. The maximum absolute atomic E-state index is 12.8. The summed E-state index contributed by atoms with van der Waals surface area (Å²) in [5.41, 5.74) is 3.91. The summed E-state index contributed by atoms with van der Waals surface area (Å²) in [7, 11) is 0. The quantitative estimate of drug-likeness (QED) is 0.254. The van der Waals surface area contributed by atoms with E-state index < -0.39 is 17.8 Å². The molecule has 1 saturated heterocycles. The lowest BCUT2D eigenvalue weighted by molar-refractivity contribution is -0.117. The zero-order valence-corrected chi connectivity index (χ0v) is 18.6. The number of hydrazine groups is 1. The molecular weight excluding hydrogens is 452 g/mol. The molecule has 3 aromatic rings. The predicted octanol–water partition coefficient (Wildman–Crippen LogP) is 3.49. The second-order valence-electron chi connectivity index (χ2n) is 7.57. The highest BCUT2D eigenvalue weighted by Gasteiger charge is 2.34. The van der Waals surface area contributed by atoms with Gasteiger partial charge in [0.05, 0.1) is 17.9 Å². The van der Waals surface area contributed by atoms with Gasteiger partial charge in [-0.3, -0.25) is 15.0 Å². The lowest BCUT2D eigenvalue weighted by Gasteiger charge is -2.14. The Morgan fingerprint density at radius 1 is 1.00 bits per heavy atom. The Morgan fingerprint density at radius 3 is 2.60 bits per heavy atom. The number of nitrogens with one attached hydrogen (secondary N) is 1. The lowest BCUT2D eigenvalue weighted by atomic mass is 10.1. The molecule has 0 bridgehead atoms. The van der Waals surface area contributed by atoms with Crippen LogP contribution in [-0.2, 0) is 9.59 Å². The Balaban J connectivity index is 1.38. The molecule has 5 rings (SSSR count). The van der Waals surface area contributed by atoms with E-state index in [2.05, 4.69) is 5.43 Å². The second kappa shape index (κ2) is 9.22. The third kappa shape index (κ3) is 4.39. The Labute approximate surface area is 200 Å². The smallest absolute Gasteiger partial charge is 0.343 e. The van der Waals surface area contributed by atoms with Gasteiger partial charge >= 0.3 is 5.97 Å². The summed E-state index contributed by atoms with van der Waals surface area (Å²) in [5, 5.41) is 1.19. The zero-order chi connectivity index (χ0) is 24.4. The van der Waals surface area contributed by atoms with Crippen LogP contribution in [0.5, 0.6) is 23.0 Å². The van der Waals surface area contributed by atoms with Crippen molar-refractivity contribution in [1.29, 1.82) is 0 Å². The number of fused-ring (bicyclic) bond motifs is 1. The molecule has 0 aliphatic carbocycles. The van der Waals surface area contributed by atoms with Gasteiger partial charge in [-0.25, -0.2) is 9.80 Å². The number of ether oxygens (including phenoxy) is 4. The van der Waals surface area contributed by atoms with Crippen LogP contribution >= 0.6 is 0 Å². The molecule has 176 valence electrons. The van der Waals surface area contributed by atoms with Crippen LogP contribution in [0, 0.1) is 0 Å². The number of carbonyl (C=O) groups excluding carboxylic acids is 3. The topological polar surface area (TPSA) is 103 Å². The van der Waals surface area contributed by atoms with Crippen molar-refractivity contribution in [2.45, 2.75) is 6.92 Å². The van der Waals surface area contributed by atoms with Gasteiger partial charge < -0.3 is 18.9 Å². The molecule has 2 aliphatic heterocycles. The molecule has 2 amide bonds. The molecule has 9 heteroatoms. The van der Waals surface area contributed by atoms with Gasteiger partial charge in [-0.15, -0.1) is 0 Å². The third-order valence-electron chi connectivity index (χ3n) is 5.30. The summed E-state index contributed by atoms with van der Waals surface area (Å²) in [6.07, 6.45) is 1.46. The highest BCUT2D eigenvalue weighted by molar-refractivity contribution is 6.31. The maximum Gasteiger partial charge on any atom is 0.343 e.